The molecule has 3 atom stereocenters. The Labute approximate surface area is 95.0 Å². The fourth-order valence-corrected chi connectivity index (χ4v) is 4.10. The summed E-state index contributed by atoms with van der Waals surface area (Å²) in [5.74, 6) is 3.18. The second-order valence-electron chi connectivity index (χ2n) is 4.94. The molecule has 3 nitrogen and oxygen atoms in total. The standard InChI is InChI=1S/C11H19NO2S/c1-11(10(13)14)6-8(2-4-12-11)9-3-5-15-7-9/h8-9,12H,2-7H2,1H3,(H,13,14). The first-order valence-electron chi connectivity index (χ1n) is 5.68. The molecule has 0 bridgehead atoms. The van der Waals surface area contributed by atoms with Crippen LogP contribution in [0.2, 0.25) is 0 Å². The van der Waals surface area contributed by atoms with Gasteiger partial charge in [0.05, 0.1) is 0 Å². The van der Waals surface area contributed by atoms with E-state index in [2.05, 4.69) is 5.32 Å². The lowest BCUT2D eigenvalue weighted by Crippen LogP contribution is -2.55. The molecule has 86 valence electrons. The Balaban J connectivity index is 2.00. The number of nitrogens with one attached hydrogen (secondary N) is 1. The van der Waals surface area contributed by atoms with E-state index in [-0.39, 0.29) is 0 Å². The summed E-state index contributed by atoms with van der Waals surface area (Å²) in [6, 6.07) is 0. The number of carboxylic acid groups (broad SMARTS) is 1. The third-order valence-electron chi connectivity index (χ3n) is 3.80. The van der Waals surface area contributed by atoms with Gasteiger partial charge in [-0.1, -0.05) is 0 Å². The van der Waals surface area contributed by atoms with Crippen LogP contribution in [0.1, 0.15) is 26.2 Å². The number of aliphatic carboxylic acids is 1. The van der Waals surface area contributed by atoms with Crippen molar-refractivity contribution in [3.05, 3.63) is 0 Å². The lowest BCUT2D eigenvalue weighted by Gasteiger charge is -2.38. The summed E-state index contributed by atoms with van der Waals surface area (Å²) in [5, 5.41) is 12.3. The zero-order chi connectivity index (χ0) is 10.9. The van der Waals surface area contributed by atoms with Crippen LogP contribution >= 0.6 is 11.8 Å². The molecule has 3 unspecified atom stereocenters. The fraction of sp³-hybridized carbons (Fsp3) is 0.909. The normalized spacial score (nSPS) is 41.7. The molecule has 4 heteroatoms. The van der Waals surface area contributed by atoms with Crippen LogP contribution in [0.25, 0.3) is 0 Å². The van der Waals surface area contributed by atoms with Gasteiger partial charge in [0, 0.05) is 0 Å². The molecule has 15 heavy (non-hydrogen) atoms. The number of hydrogen-bond donors (Lipinski definition) is 2. The van der Waals surface area contributed by atoms with E-state index < -0.39 is 11.5 Å². The first kappa shape index (κ1) is 11.3. The predicted molar refractivity (Wildman–Crippen MR) is 62.2 cm³/mol. The van der Waals surface area contributed by atoms with Crippen LogP contribution in [0.3, 0.4) is 0 Å². The van der Waals surface area contributed by atoms with Crippen LogP contribution in [0.15, 0.2) is 0 Å². The second kappa shape index (κ2) is 4.34. The van der Waals surface area contributed by atoms with E-state index in [1.807, 2.05) is 18.7 Å². The largest absolute Gasteiger partial charge is 0.480 e. The van der Waals surface area contributed by atoms with Crippen LogP contribution < -0.4 is 5.32 Å². The van der Waals surface area contributed by atoms with Crippen LogP contribution in [-0.4, -0.2) is 34.7 Å². The molecule has 2 aliphatic rings. The maximum Gasteiger partial charge on any atom is 0.323 e. The second-order valence-corrected chi connectivity index (χ2v) is 6.09. The minimum absolute atomic E-state index is 0.613. The van der Waals surface area contributed by atoms with E-state index >= 15 is 0 Å². The smallest absolute Gasteiger partial charge is 0.323 e. The minimum atomic E-state index is -0.696. The fourth-order valence-electron chi connectivity index (χ4n) is 2.72. The Morgan fingerprint density at radius 2 is 2.27 bits per heavy atom. The van der Waals surface area contributed by atoms with Gasteiger partial charge >= 0.3 is 5.97 Å². The van der Waals surface area contributed by atoms with Crippen molar-refractivity contribution in [1.82, 2.24) is 5.32 Å². The van der Waals surface area contributed by atoms with Crippen molar-refractivity contribution in [1.29, 1.82) is 0 Å². The molecule has 2 rings (SSSR count). The van der Waals surface area contributed by atoms with Crippen molar-refractivity contribution in [2.75, 3.05) is 18.1 Å². The van der Waals surface area contributed by atoms with Crippen molar-refractivity contribution in [2.45, 2.75) is 31.7 Å². The van der Waals surface area contributed by atoms with E-state index in [1.165, 1.54) is 17.9 Å². The van der Waals surface area contributed by atoms with Gasteiger partial charge in [0.15, 0.2) is 0 Å². The van der Waals surface area contributed by atoms with Crippen LogP contribution in [-0.2, 0) is 4.79 Å². The molecule has 0 aromatic heterocycles. The van der Waals surface area contributed by atoms with Gasteiger partial charge in [-0.05, 0) is 56.1 Å². The summed E-state index contributed by atoms with van der Waals surface area (Å²) in [7, 11) is 0. The molecule has 2 saturated heterocycles. The molecule has 0 spiro atoms. The van der Waals surface area contributed by atoms with Crippen LogP contribution in [0.4, 0.5) is 0 Å². The van der Waals surface area contributed by atoms with Gasteiger partial charge in [-0.15, -0.1) is 0 Å². The minimum Gasteiger partial charge on any atom is -0.480 e. The van der Waals surface area contributed by atoms with Gasteiger partial charge in [-0.25, -0.2) is 0 Å². The van der Waals surface area contributed by atoms with Gasteiger partial charge in [-0.3, -0.25) is 4.79 Å². The lowest BCUT2D eigenvalue weighted by atomic mass is 9.76. The summed E-state index contributed by atoms with van der Waals surface area (Å²) >= 11 is 2.02. The molecule has 0 aliphatic carbocycles. The molecule has 2 heterocycles. The van der Waals surface area contributed by atoms with E-state index in [0.717, 1.165) is 25.3 Å². The van der Waals surface area contributed by atoms with Gasteiger partial charge in [-0.2, -0.15) is 11.8 Å². The molecule has 0 aromatic carbocycles. The molecule has 0 aromatic rings. The third-order valence-corrected chi connectivity index (χ3v) is 4.99. The summed E-state index contributed by atoms with van der Waals surface area (Å²) in [4.78, 5) is 11.2. The zero-order valence-corrected chi connectivity index (χ0v) is 9.98. The molecule has 2 fully saturated rings. The van der Waals surface area contributed by atoms with E-state index in [1.54, 1.807) is 0 Å². The maximum absolute atomic E-state index is 11.2. The Morgan fingerprint density at radius 3 is 2.87 bits per heavy atom. The quantitative estimate of drug-likeness (QED) is 0.755. The van der Waals surface area contributed by atoms with E-state index in [0.29, 0.717) is 5.92 Å². The van der Waals surface area contributed by atoms with Gasteiger partial charge in [0.25, 0.3) is 0 Å². The Hall–Kier alpha value is -0.220. The zero-order valence-electron chi connectivity index (χ0n) is 9.16. The molecule has 0 amide bonds. The summed E-state index contributed by atoms with van der Waals surface area (Å²) < 4.78 is 0. The van der Waals surface area contributed by atoms with Crippen molar-refractivity contribution in [2.24, 2.45) is 11.8 Å². The SMILES string of the molecule is CC1(C(=O)O)CC(C2CCSC2)CCN1. The highest BCUT2D eigenvalue weighted by molar-refractivity contribution is 7.99. The number of carboxylic acids is 1. The summed E-state index contributed by atoms with van der Waals surface area (Å²) in [6.45, 7) is 2.68. The van der Waals surface area contributed by atoms with Crippen molar-refractivity contribution in [3.63, 3.8) is 0 Å². The summed E-state index contributed by atoms with van der Waals surface area (Å²) in [5.41, 5.74) is -0.684. The highest BCUT2D eigenvalue weighted by atomic mass is 32.2. The first-order valence-corrected chi connectivity index (χ1v) is 6.83. The van der Waals surface area contributed by atoms with Crippen molar-refractivity contribution >= 4 is 17.7 Å². The number of piperidine rings is 1. The number of carbonyl (C=O) groups is 1. The molecular weight excluding hydrogens is 210 g/mol. The maximum atomic E-state index is 11.2. The molecular formula is C11H19NO2S. The Bertz CT molecular complexity index is 253. The molecule has 0 radical (unpaired) electrons. The van der Waals surface area contributed by atoms with E-state index in [4.69, 9.17) is 0 Å². The van der Waals surface area contributed by atoms with Gasteiger partial charge < -0.3 is 10.4 Å². The number of rotatable bonds is 2. The third kappa shape index (κ3) is 2.31. The van der Waals surface area contributed by atoms with Crippen LogP contribution in [0, 0.1) is 11.8 Å². The van der Waals surface area contributed by atoms with Crippen LogP contribution in [0.5, 0.6) is 0 Å². The number of hydrogen-bond acceptors (Lipinski definition) is 3. The van der Waals surface area contributed by atoms with Crippen molar-refractivity contribution in [3.8, 4) is 0 Å². The Morgan fingerprint density at radius 1 is 1.47 bits per heavy atom. The average molecular weight is 229 g/mol. The highest BCUT2D eigenvalue weighted by Gasteiger charge is 2.41. The molecule has 2 N–H and O–H groups in total. The average Bonchev–Trinajstić information content (AvgIpc) is 2.70. The van der Waals surface area contributed by atoms with Crippen molar-refractivity contribution < 1.29 is 9.90 Å². The topological polar surface area (TPSA) is 49.3 Å². The highest BCUT2D eigenvalue weighted by Crippen LogP contribution is 2.37. The Kier molecular flexibility index (Phi) is 3.26. The predicted octanol–water partition coefficient (Wildman–Crippen LogP) is 1.58. The number of thioether (sulfide) groups is 1. The first-order chi connectivity index (χ1) is 7.12. The monoisotopic (exact) mass is 229 g/mol. The molecule has 0 saturated carbocycles. The summed E-state index contributed by atoms with van der Waals surface area (Å²) in [6.07, 6.45) is 3.23. The van der Waals surface area contributed by atoms with Gasteiger partial charge in [0.1, 0.15) is 5.54 Å². The lowest BCUT2D eigenvalue weighted by molar-refractivity contribution is -0.146. The van der Waals surface area contributed by atoms with E-state index in [9.17, 15) is 9.90 Å². The molecule has 2 aliphatic heterocycles. The van der Waals surface area contributed by atoms with Gasteiger partial charge in [0.2, 0.25) is 0 Å².